The van der Waals surface area contributed by atoms with Crippen LogP contribution in [0.4, 0.5) is 4.79 Å². The number of benzene rings is 1. The van der Waals surface area contributed by atoms with Gasteiger partial charge in [-0.3, -0.25) is 24.0 Å². The number of aliphatic carboxylic acids is 1. The maximum Gasteiger partial charge on any atom is 0.409 e. The summed E-state index contributed by atoms with van der Waals surface area (Å²) in [6, 6.07) is 8.86. The van der Waals surface area contributed by atoms with Crippen LogP contribution in [-0.2, 0) is 23.9 Å². The number of carbonyl (C=O) groups is 6. The summed E-state index contributed by atoms with van der Waals surface area (Å²) in [5.41, 5.74) is 0.401. The van der Waals surface area contributed by atoms with E-state index in [9.17, 15) is 33.9 Å². The maximum absolute atomic E-state index is 13.4. The lowest BCUT2D eigenvalue weighted by atomic mass is 10.1. The monoisotopic (exact) mass is 613 g/mol. The van der Waals surface area contributed by atoms with Crippen molar-refractivity contribution in [2.75, 3.05) is 59.0 Å². The summed E-state index contributed by atoms with van der Waals surface area (Å²) in [6.07, 6.45) is -1.02. The van der Waals surface area contributed by atoms with Crippen molar-refractivity contribution in [3.63, 3.8) is 0 Å². The number of aromatic nitrogens is 2. The van der Waals surface area contributed by atoms with E-state index in [0.717, 1.165) is 0 Å². The molecule has 3 N–H and O–H groups in total. The quantitative estimate of drug-likeness (QED) is 0.297. The molecule has 2 aliphatic rings. The Hall–Kier alpha value is -5.15. The highest BCUT2D eigenvalue weighted by atomic mass is 16.6. The van der Waals surface area contributed by atoms with Crippen molar-refractivity contribution in [2.45, 2.75) is 25.8 Å². The number of rotatable bonds is 11. The van der Waals surface area contributed by atoms with Gasteiger partial charge in [0, 0.05) is 51.8 Å². The number of hydrogen-bond acceptors (Lipinski definition) is 9. The highest BCUT2D eigenvalue weighted by Crippen LogP contribution is 2.20. The van der Waals surface area contributed by atoms with Crippen LogP contribution in [0.3, 0.4) is 0 Å². The van der Waals surface area contributed by atoms with E-state index in [1.165, 1.54) is 25.4 Å². The van der Waals surface area contributed by atoms with E-state index in [-0.39, 0.29) is 69.7 Å². The summed E-state index contributed by atoms with van der Waals surface area (Å²) < 4.78 is 12.1. The van der Waals surface area contributed by atoms with Gasteiger partial charge in [-0.2, -0.15) is 5.10 Å². The average Bonchev–Trinajstić information content (AvgIpc) is 3.46. The van der Waals surface area contributed by atoms with Gasteiger partial charge in [0.15, 0.2) is 12.3 Å². The number of para-hydroxylation sites is 1. The number of nitrogens with one attached hydrogen (secondary N) is 2. The largest absolute Gasteiger partial charge is 0.481 e. The molecule has 1 atom stereocenters. The third-order valence-electron chi connectivity index (χ3n) is 7.01. The molecule has 4 rings (SSSR count). The van der Waals surface area contributed by atoms with Crippen LogP contribution in [0.1, 0.15) is 30.3 Å². The molecule has 0 saturated carbocycles. The molecule has 0 bridgehead atoms. The zero-order valence-corrected chi connectivity index (χ0v) is 24.3. The van der Waals surface area contributed by atoms with Crippen LogP contribution in [0.15, 0.2) is 36.4 Å². The van der Waals surface area contributed by atoms with E-state index in [4.69, 9.17) is 9.47 Å². The zero-order chi connectivity index (χ0) is 31.6. The van der Waals surface area contributed by atoms with Crippen LogP contribution in [0, 0.1) is 0 Å². The Balaban J connectivity index is 1.48. The molecule has 16 heteroatoms. The van der Waals surface area contributed by atoms with Crippen LogP contribution in [0.25, 0.3) is 5.69 Å². The fourth-order valence-corrected chi connectivity index (χ4v) is 4.71. The van der Waals surface area contributed by atoms with E-state index < -0.39 is 42.4 Å². The fraction of sp³-hybridized carbons (Fsp3) is 0.464. The molecule has 1 unspecified atom stereocenters. The first-order valence-corrected chi connectivity index (χ1v) is 14.2. The summed E-state index contributed by atoms with van der Waals surface area (Å²) in [7, 11) is 0. The lowest BCUT2D eigenvalue weighted by molar-refractivity contribution is -0.139. The first-order chi connectivity index (χ1) is 21.2. The molecule has 0 radical (unpaired) electrons. The molecule has 1 aromatic carbocycles. The predicted octanol–water partition coefficient (Wildman–Crippen LogP) is -0.527. The minimum absolute atomic E-state index is 0.0691. The van der Waals surface area contributed by atoms with Gasteiger partial charge in [-0.15, -0.1) is 0 Å². The topological polar surface area (TPSA) is 193 Å². The minimum atomic E-state index is -1.18. The van der Waals surface area contributed by atoms with E-state index in [0.29, 0.717) is 18.8 Å². The lowest BCUT2D eigenvalue weighted by Gasteiger charge is -2.35. The first kappa shape index (κ1) is 31.8. The summed E-state index contributed by atoms with van der Waals surface area (Å²) in [5, 5.41) is 18.8. The van der Waals surface area contributed by atoms with Crippen LogP contribution in [0.5, 0.6) is 5.88 Å². The fourth-order valence-electron chi connectivity index (χ4n) is 4.71. The third-order valence-corrected chi connectivity index (χ3v) is 7.01. The molecule has 0 aliphatic carbocycles. The second kappa shape index (κ2) is 14.8. The van der Waals surface area contributed by atoms with Crippen molar-refractivity contribution in [1.29, 1.82) is 0 Å². The molecule has 2 aliphatic heterocycles. The van der Waals surface area contributed by atoms with E-state index in [1.54, 1.807) is 37.3 Å². The molecule has 16 nitrogen and oxygen atoms in total. The normalized spacial score (nSPS) is 15.7. The molecule has 5 amide bonds. The Kier molecular flexibility index (Phi) is 10.7. The summed E-state index contributed by atoms with van der Waals surface area (Å²) in [4.78, 5) is 78.8. The summed E-state index contributed by atoms with van der Waals surface area (Å²) in [6.45, 7) is 2.92. The van der Waals surface area contributed by atoms with Gasteiger partial charge < -0.3 is 39.9 Å². The smallest absolute Gasteiger partial charge is 0.409 e. The molecule has 236 valence electrons. The number of carboxylic acids is 1. The van der Waals surface area contributed by atoms with Crippen LogP contribution >= 0.6 is 0 Å². The second-order valence-corrected chi connectivity index (χ2v) is 10.0. The number of carbonyl (C=O) groups excluding carboxylic acids is 5. The summed E-state index contributed by atoms with van der Waals surface area (Å²) in [5.74, 6) is -3.00. The number of carboxylic acid groups (broad SMARTS) is 1. The zero-order valence-electron chi connectivity index (χ0n) is 24.3. The van der Waals surface area contributed by atoms with Crippen LogP contribution < -0.4 is 15.4 Å². The number of hydrogen-bond donors (Lipinski definition) is 3. The van der Waals surface area contributed by atoms with Crippen molar-refractivity contribution in [2.24, 2.45) is 0 Å². The standard InChI is InChI=1S/C28H35N7O9/c1-2-43-28(42)33-14-12-32(13-15-33)27(41)20(8-9-25(38)39)30-26(40)21-16-24(35(31-21)19-6-4-3-5-7-19)44-18-23(37)34-11-10-29-22(36)17-34/h3-7,16,20H,2,8-15,17-18H2,1H3,(H,29,36)(H,30,40)(H,38,39). The second-order valence-electron chi connectivity index (χ2n) is 10.0. The average molecular weight is 614 g/mol. The van der Waals surface area contributed by atoms with Crippen molar-refractivity contribution in [1.82, 2.24) is 35.1 Å². The van der Waals surface area contributed by atoms with Gasteiger partial charge in [0.1, 0.15) is 6.04 Å². The predicted molar refractivity (Wildman–Crippen MR) is 152 cm³/mol. The lowest BCUT2D eigenvalue weighted by Crippen LogP contribution is -2.56. The number of piperazine rings is 2. The van der Waals surface area contributed by atoms with Gasteiger partial charge in [0.2, 0.25) is 17.7 Å². The minimum Gasteiger partial charge on any atom is -0.481 e. The van der Waals surface area contributed by atoms with Crippen molar-refractivity contribution in [3.05, 3.63) is 42.1 Å². The molecule has 2 aromatic rings. The van der Waals surface area contributed by atoms with Crippen LogP contribution in [-0.4, -0.2) is 130 Å². The van der Waals surface area contributed by atoms with Gasteiger partial charge >= 0.3 is 12.1 Å². The molecule has 0 spiro atoms. The number of amides is 5. The van der Waals surface area contributed by atoms with Gasteiger partial charge in [0.05, 0.1) is 18.8 Å². The molecular formula is C28H35N7O9. The number of nitrogens with zero attached hydrogens (tertiary/aromatic N) is 5. The molecule has 3 heterocycles. The SMILES string of the molecule is CCOC(=O)N1CCN(C(=O)C(CCC(=O)O)NC(=O)c2cc(OCC(=O)N3CCNC(=O)C3)n(-c3ccccc3)n2)CC1. The van der Waals surface area contributed by atoms with Crippen molar-refractivity contribution in [3.8, 4) is 11.6 Å². The Bertz CT molecular complexity index is 1370. The Labute approximate surface area is 252 Å². The van der Waals surface area contributed by atoms with Gasteiger partial charge in [0.25, 0.3) is 11.8 Å². The molecule has 2 saturated heterocycles. The Morgan fingerprint density at radius 3 is 2.39 bits per heavy atom. The molecule has 44 heavy (non-hydrogen) atoms. The Morgan fingerprint density at radius 2 is 1.73 bits per heavy atom. The third kappa shape index (κ3) is 8.23. The van der Waals surface area contributed by atoms with Crippen molar-refractivity contribution >= 4 is 35.7 Å². The van der Waals surface area contributed by atoms with E-state index in [1.807, 2.05) is 0 Å². The van der Waals surface area contributed by atoms with E-state index >= 15 is 0 Å². The highest BCUT2D eigenvalue weighted by molar-refractivity contribution is 5.96. The van der Waals surface area contributed by atoms with Crippen LogP contribution in [0.2, 0.25) is 0 Å². The van der Waals surface area contributed by atoms with Crippen molar-refractivity contribution < 1.29 is 43.3 Å². The first-order valence-electron chi connectivity index (χ1n) is 14.2. The molecular weight excluding hydrogens is 578 g/mol. The van der Waals surface area contributed by atoms with Gasteiger partial charge in [-0.05, 0) is 25.5 Å². The molecule has 1 aromatic heterocycles. The highest BCUT2D eigenvalue weighted by Gasteiger charge is 2.32. The Morgan fingerprint density at radius 1 is 1.02 bits per heavy atom. The van der Waals surface area contributed by atoms with E-state index in [2.05, 4.69) is 15.7 Å². The molecule has 2 fully saturated rings. The van der Waals surface area contributed by atoms with Gasteiger partial charge in [-0.25, -0.2) is 9.48 Å². The summed E-state index contributed by atoms with van der Waals surface area (Å²) >= 11 is 0. The maximum atomic E-state index is 13.4. The number of ether oxygens (including phenoxy) is 2. The van der Waals surface area contributed by atoms with Gasteiger partial charge in [-0.1, -0.05) is 18.2 Å².